The Morgan fingerprint density at radius 1 is 1.57 bits per heavy atom. The molecule has 1 aliphatic heterocycles. The molecule has 0 amide bonds. The van der Waals surface area contributed by atoms with Gasteiger partial charge in [0, 0.05) is 12.1 Å². The van der Waals surface area contributed by atoms with Gasteiger partial charge >= 0.3 is 5.69 Å². The predicted molar refractivity (Wildman–Crippen MR) is 48.4 cm³/mol. The van der Waals surface area contributed by atoms with Gasteiger partial charge in [-0.25, -0.2) is 0 Å². The SMILES string of the molecule is O=[N+]([O-])c1cc(C2CCN2)ccc1F. The van der Waals surface area contributed by atoms with Crippen molar-refractivity contribution in [2.45, 2.75) is 12.5 Å². The molecule has 1 atom stereocenters. The topological polar surface area (TPSA) is 55.2 Å². The molecule has 0 aromatic heterocycles. The molecule has 14 heavy (non-hydrogen) atoms. The highest BCUT2D eigenvalue weighted by molar-refractivity contribution is 5.38. The second-order valence-corrected chi connectivity index (χ2v) is 3.26. The number of hydrogen-bond donors (Lipinski definition) is 1. The second kappa shape index (κ2) is 3.34. The van der Waals surface area contributed by atoms with Gasteiger partial charge in [-0.15, -0.1) is 0 Å². The van der Waals surface area contributed by atoms with Crippen molar-refractivity contribution in [1.29, 1.82) is 0 Å². The van der Waals surface area contributed by atoms with Gasteiger partial charge in [0.15, 0.2) is 0 Å². The van der Waals surface area contributed by atoms with Crippen LogP contribution in [0.25, 0.3) is 0 Å². The van der Waals surface area contributed by atoms with E-state index < -0.39 is 16.4 Å². The summed E-state index contributed by atoms with van der Waals surface area (Å²) in [5.41, 5.74) is 0.334. The van der Waals surface area contributed by atoms with Crippen LogP contribution >= 0.6 is 0 Å². The van der Waals surface area contributed by atoms with Gasteiger partial charge in [0.1, 0.15) is 0 Å². The zero-order chi connectivity index (χ0) is 10.1. The average molecular weight is 196 g/mol. The molecule has 5 heteroatoms. The zero-order valence-electron chi connectivity index (χ0n) is 7.37. The fraction of sp³-hybridized carbons (Fsp3) is 0.333. The number of rotatable bonds is 2. The molecule has 0 spiro atoms. The summed E-state index contributed by atoms with van der Waals surface area (Å²) in [5.74, 6) is -0.780. The molecule has 0 saturated carbocycles. The quantitative estimate of drug-likeness (QED) is 0.579. The third-order valence-electron chi connectivity index (χ3n) is 2.39. The van der Waals surface area contributed by atoms with E-state index >= 15 is 0 Å². The Morgan fingerprint density at radius 2 is 2.29 bits per heavy atom. The number of nitro benzene ring substituents is 1. The molecule has 0 bridgehead atoms. The Hall–Kier alpha value is -1.49. The summed E-state index contributed by atoms with van der Waals surface area (Å²) in [6.07, 6.45) is 0.947. The minimum absolute atomic E-state index is 0.147. The smallest absolute Gasteiger partial charge is 0.305 e. The molecule has 74 valence electrons. The molecule has 1 saturated heterocycles. The molecule has 1 heterocycles. The summed E-state index contributed by atoms with van der Waals surface area (Å²) in [4.78, 5) is 9.75. The summed E-state index contributed by atoms with van der Waals surface area (Å²) in [6.45, 7) is 0.913. The van der Waals surface area contributed by atoms with Crippen LogP contribution in [0.15, 0.2) is 18.2 Å². The van der Waals surface area contributed by atoms with Crippen LogP contribution in [0.3, 0.4) is 0 Å². The van der Waals surface area contributed by atoms with Crippen LogP contribution in [0.1, 0.15) is 18.0 Å². The number of nitrogens with zero attached hydrogens (tertiary/aromatic N) is 1. The maximum Gasteiger partial charge on any atom is 0.305 e. The molecule has 1 unspecified atom stereocenters. The Bertz CT molecular complexity index is 377. The van der Waals surface area contributed by atoms with Crippen LogP contribution in [0.4, 0.5) is 10.1 Å². The van der Waals surface area contributed by atoms with E-state index in [4.69, 9.17) is 0 Å². The van der Waals surface area contributed by atoms with E-state index in [1.165, 1.54) is 6.07 Å². The minimum atomic E-state index is -0.780. The van der Waals surface area contributed by atoms with Gasteiger partial charge in [-0.05, 0) is 24.6 Å². The molecule has 1 aromatic rings. The fourth-order valence-electron chi connectivity index (χ4n) is 1.46. The minimum Gasteiger partial charge on any atom is -0.310 e. The summed E-state index contributed by atoms with van der Waals surface area (Å²) >= 11 is 0. The maximum atomic E-state index is 12.9. The lowest BCUT2D eigenvalue weighted by Gasteiger charge is -2.27. The summed E-state index contributed by atoms with van der Waals surface area (Å²) in [6, 6.07) is 4.17. The van der Waals surface area contributed by atoms with Crippen LogP contribution in [0.5, 0.6) is 0 Å². The Labute approximate surface area is 79.9 Å². The summed E-state index contributed by atoms with van der Waals surface area (Å²) in [7, 11) is 0. The van der Waals surface area contributed by atoms with Gasteiger partial charge in [-0.1, -0.05) is 6.07 Å². The van der Waals surface area contributed by atoms with Crippen LogP contribution in [0.2, 0.25) is 0 Å². The van der Waals surface area contributed by atoms with E-state index in [0.29, 0.717) is 0 Å². The molecule has 1 aliphatic rings. The standard InChI is InChI=1S/C9H9FN2O2/c10-7-2-1-6(8-3-4-11-8)5-9(7)12(13)14/h1-2,5,8,11H,3-4H2. The van der Waals surface area contributed by atoms with Crippen LogP contribution in [-0.4, -0.2) is 11.5 Å². The summed E-state index contributed by atoms with van der Waals surface area (Å²) in [5, 5.41) is 13.6. The molecular weight excluding hydrogens is 187 g/mol. The number of halogens is 1. The number of hydrogen-bond acceptors (Lipinski definition) is 3. The lowest BCUT2D eigenvalue weighted by molar-refractivity contribution is -0.387. The highest BCUT2D eigenvalue weighted by atomic mass is 19.1. The molecule has 4 nitrogen and oxygen atoms in total. The maximum absolute atomic E-state index is 12.9. The van der Waals surface area contributed by atoms with E-state index in [9.17, 15) is 14.5 Å². The third kappa shape index (κ3) is 1.46. The molecule has 1 fully saturated rings. The van der Waals surface area contributed by atoms with Gasteiger partial charge in [0.2, 0.25) is 5.82 Å². The first-order valence-corrected chi connectivity index (χ1v) is 4.35. The Kier molecular flexibility index (Phi) is 2.17. The highest BCUT2D eigenvalue weighted by Gasteiger charge is 2.22. The molecule has 2 rings (SSSR count). The van der Waals surface area contributed by atoms with Crippen molar-refractivity contribution in [2.24, 2.45) is 0 Å². The predicted octanol–water partition coefficient (Wildman–Crippen LogP) is 1.77. The number of nitrogens with one attached hydrogen (secondary N) is 1. The van der Waals surface area contributed by atoms with Crippen molar-refractivity contribution in [2.75, 3.05) is 6.54 Å². The van der Waals surface area contributed by atoms with Crippen molar-refractivity contribution in [3.8, 4) is 0 Å². The lowest BCUT2D eigenvalue weighted by atomic mass is 9.97. The van der Waals surface area contributed by atoms with E-state index in [2.05, 4.69) is 5.32 Å². The summed E-state index contributed by atoms with van der Waals surface area (Å²) < 4.78 is 12.9. The van der Waals surface area contributed by atoms with Gasteiger partial charge in [-0.3, -0.25) is 10.1 Å². The van der Waals surface area contributed by atoms with Crippen molar-refractivity contribution in [3.63, 3.8) is 0 Å². The van der Waals surface area contributed by atoms with E-state index in [1.54, 1.807) is 6.07 Å². The van der Waals surface area contributed by atoms with Gasteiger partial charge in [0.25, 0.3) is 0 Å². The van der Waals surface area contributed by atoms with Crippen LogP contribution in [0, 0.1) is 15.9 Å². The van der Waals surface area contributed by atoms with Gasteiger partial charge in [0.05, 0.1) is 4.92 Å². The first-order chi connectivity index (χ1) is 6.68. The first-order valence-electron chi connectivity index (χ1n) is 4.35. The molecule has 1 N–H and O–H groups in total. The first kappa shape index (κ1) is 9.08. The van der Waals surface area contributed by atoms with E-state index in [0.717, 1.165) is 24.6 Å². The molecular formula is C9H9FN2O2. The van der Waals surface area contributed by atoms with Crippen molar-refractivity contribution >= 4 is 5.69 Å². The lowest BCUT2D eigenvalue weighted by Crippen LogP contribution is -2.34. The number of benzene rings is 1. The molecule has 0 radical (unpaired) electrons. The van der Waals surface area contributed by atoms with E-state index in [1.807, 2.05) is 0 Å². The molecule has 1 aromatic carbocycles. The number of nitro groups is 1. The average Bonchev–Trinajstić information content (AvgIpc) is 2.04. The normalized spacial score (nSPS) is 20.2. The zero-order valence-corrected chi connectivity index (χ0v) is 7.37. The molecule has 0 aliphatic carbocycles. The Balaban J connectivity index is 2.34. The van der Waals surface area contributed by atoms with Gasteiger partial charge in [-0.2, -0.15) is 4.39 Å². The van der Waals surface area contributed by atoms with E-state index in [-0.39, 0.29) is 6.04 Å². The Morgan fingerprint density at radius 3 is 2.79 bits per heavy atom. The highest BCUT2D eigenvalue weighted by Crippen LogP contribution is 2.27. The second-order valence-electron chi connectivity index (χ2n) is 3.26. The van der Waals surface area contributed by atoms with Crippen LogP contribution in [-0.2, 0) is 0 Å². The van der Waals surface area contributed by atoms with Crippen molar-refractivity contribution in [1.82, 2.24) is 5.32 Å². The van der Waals surface area contributed by atoms with Crippen molar-refractivity contribution < 1.29 is 9.31 Å². The monoisotopic (exact) mass is 196 g/mol. The largest absolute Gasteiger partial charge is 0.310 e. The fourth-order valence-corrected chi connectivity index (χ4v) is 1.46. The van der Waals surface area contributed by atoms with Crippen molar-refractivity contribution in [3.05, 3.63) is 39.7 Å². The van der Waals surface area contributed by atoms with Gasteiger partial charge < -0.3 is 5.32 Å². The third-order valence-corrected chi connectivity index (χ3v) is 2.39. The van der Waals surface area contributed by atoms with Crippen LogP contribution < -0.4 is 5.32 Å².